The van der Waals surface area contributed by atoms with Gasteiger partial charge in [0.2, 0.25) is 0 Å². The summed E-state index contributed by atoms with van der Waals surface area (Å²) >= 11 is 0. The second-order valence-corrected chi connectivity index (χ2v) is 4.39. The van der Waals surface area contributed by atoms with Gasteiger partial charge in [0.1, 0.15) is 0 Å². The van der Waals surface area contributed by atoms with E-state index in [0.29, 0.717) is 6.42 Å². The fraction of sp³-hybridized carbons (Fsp3) is 0.900. The Morgan fingerprint density at radius 2 is 2.07 bits per heavy atom. The van der Waals surface area contributed by atoms with Crippen LogP contribution in [0.5, 0.6) is 0 Å². The van der Waals surface area contributed by atoms with Crippen molar-refractivity contribution in [2.24, 2.45) is 11.7 Å². The molecule has 0 aromatic rings. The summed E-state index contributed by atoms with van der Waals surface area (Å²) in [5.41, 5.74) is 5.42. The van der Waals surface area contributed by atoms with E-state index in [1.54, 1.807) is 7.11 Å². The lowest BCUT2D eigenvalue weighted by Gasteiger charge is -2.29. The van der Waals surface area contributed by atoms with Crippen LogP contribution in [0, 0.1) is 5.92 Å². The van der Waals surface area contributed by atoms with E-state index in [2.05, 4.69) is 0 Å². The Morgan fingerprint density at radius 3 is 2.36 bits per heavy atom. The van der Waals surface area contributed by atoms with E-state index in [9.17, 15) is 4.79 Å². The molecule has 0 spiro atoms. The highest BCUT2D eigenvalue weighted by Crippen LogP contribution is 2.23. The van der Waals surface area contributed by atoms with Crippen LogP contribution in [0.1, 0.15) is 33.6 Å². The standard InChI is InChI=1S/C10H21NO3/c1-7(11)8(5-9(12)13)6-10(2,3)14-4/h7-8H,5-6,11H2,1-4H3,(H,12,13). The van der Waals surface area contributed by atoms with Gasteiger partial charge >= 0.3 is 5.97 Å². The van der Waals surface area contributed by atoms with Crippen molar-refractivity contribution in [2.45, 2.75) is 45.3 Å². The maximum Gasteiger partial charge on any atom is 0.303 e. The van der Waals surface area contributed by atoms with Crippen LogP contribution in [-0.2, 0) is 9.53 Å². The van der Waals surface area contributed by atoms with E-state index < -0.39 is 5.97 Å². The van der Waals surface area contributed by atoms with Crippen molar-refractivity contribution >= 4 is 5.97 Å². The first-order chi connectivity index (χ1) is 6.28. The maximum absolute atomic E-state index is 10.6. The summed E-state index contributed by atoms with van der Waals surface area (Å²) < 4.78 is 5.25. The Balaban J connectivity index is 4.30. The lowest BCUT2D eigenvalue weighted by atomic mass is 9.86. The Labute approximate surface area is 85.4 Å². The fourth-order valence-corrected chi connectivity index (χ4v) is 1.38. The van der Waals surface area contributed by atoms with E-state index >= 15 is 0 Å². The molecule has 0 aromatic carbocycles. The highest BCUT2D eigenvalue weighted by atomic mass is 16.5. The molecule has 84 valence electrons. The summed E-state index contributed by atoms with van der Waals surface area (Å²) in [7, 11) is 1.62. The molecule has 0 aliphatic heterocycles. The van der Waals surface area contributed by atoms with Crippen LogP contribution in [0.2, 0.25) is 0 Å². The van der Waals surface area contributed by atoms with E-state index in [1.165, 1.54) is 0 Å². The minimum Gasteiger partial charge on any atom is -0.481 e. The molecule has 0 saturated carbocycles. The summed E-state index contributed by atoms with van der Waals surface area (Å²) in [5.74, 6) is -0.846. The molecular weight excluding hydrogens is 182 g/mol. The number of carboxylic acids is 1. The molecule has 0 radical (unpaired) electrons. The van der Waals surface area contributed by atoms with E-state index in [4.69, 9.17) is 15.6 Å². The molecule has 0 fully saturated rings. The molecule has 2 atom stereocenters. The first-order valence-electron chi connectivity index (χ1n) is 4.81. The zero-order valence-corrected chi connectivity index (χ0v) is 9.41. The molecule has 14 heavy (non-hydrogen) atoms. The third-order valence-electron chi connectivity index (χ3n) is 2.49. The second kappa shape index (κ2) is 5.32. The number of carboxylic acid groups (broad SMARTS) is 1. The molecule has 0 amide bonds. The van der Waals surface area contributed by atoms with Gasteiger partial charge in [-0.1, -0.05) is 0 Å². The number of nitrogens with two attached hydrogens (primary N) is 1. The van der Waals surface area contributed by atoms with Crippen molar-refractivity contribution in [3.05, 3.63) is 0 Å². The molecule has 0 rings (SSSR count). The van der Waals surface area contributed by atoms with Gasteiger partial charge in [-0.3, -0.25) is 4.79 Å². The topological polar surface area (TPSA) is 72.5 Å². The minimum atomic E-state index is -0.806. The summed E-state index contributed by atoms with van der Waals surface area (Å²) in [4.78, 5) is 10.6. The van der Waals surface area contributed by atoms with Crippen LogP contribution >= 0.6 is 0 Å². The van der Waals surface area contributed by atoms with Crippen molar-refractivity contribution in [3.63, 3.8) is 0 Å². The van der Waals surface area contributed by atoms with Crippen LogP contribution in [0.4, 0.5) is 0 Å². The predicted octanol–water partition coefficient (Wildman–Crippen LogP) is 1.24. The van der Waals surface area contributed by atoms with Crippen molar-refractivity contribution in [2.75, 3.05) is 7.11 Å². The molecule has 0 saturated heterocycles. The normalized spacial score (nSPS) is 16.4. The largest absolute Gasteiger partial charge is 0.481 e. The van der Waals surface area contributed by atoms with Crippen LogP contribution in [0.3, 0.4) is 0 Å². The minimum absolute atomic E-state index is 0.0394. The van der Waals surface area contributed by atoms with Crippen molar-refractivity contribution in [3.8, 4) is 0 Å². The Kier molecular flexibility index (Phi) is 5.08. The van der Waals surface area contributed by atoms with Gasteiger partial charge in [0, 0.05) is 19.6 Å². The van der Waals surface area contributed by atoms with Gasteiger partial charge in [-0.15, -0.1) is 0 Å². The van der Waals surface area contributed by atoms with Crippen LogP contribution in [0.25, 0.3) is 0 Å². The number of hydrogen-bond acceptors (Lipinski definition) is 3. The van der Waals surface area contributed by atoms with E-state index in [1.807, 2.05) is 20.8 Å². The first-order valence-corrected chi connectivity index (χ1v) is 4.81. The maximum atomic E-state index is 10.6. The molecule has 4 heteroatoms. The molecule has 0 aromatic heterocycles. The Hall–Kier alpha value is -0.610. The lowest BCUT2D eigenvalue weighted by molar-refractivity contribution is -0.138. The second-order valence-electron chi connectivity index (χ2n) is 4.39. The smallest absolute Gasteiger partial charge is 0.303 e. The van der Waals surface area contributed by atoms with Gasteiger partial charge in [-0.25, -0.2) is 0 Å². The number of hydrogen-bond donors (Lipinski definition) is 2. The summed E-state index contributed by atoms with van der Waals surface area (Å²) in [6, 6.07) is -0.125. The predicted molar refractivity (Wildman–Crippen MR) is 55.1 cm³/mol. The summed E-state index contributed by atoms with van der Waals surface area (Å²) in [5, 5.41) is 8.71. The molecule has 0 bridgehead atoms. The highest BCUT2D eigenvalue weighted by Gasteiger charge is 2.26. The number of ether oxygens (including phenoxy) is 1. The number of carbonyl (C=O) groups is 1. The number of methoxy groups -OCH3 is 1. The van der Waals surface area contributed by atoms with Gasteiger partial charge < -0.3 is 15.6 Å². The van der Waals surface area contributed by atoms with E-state index in [0.717, 1.165) is 0 Å². The quantitative estimate of drug-likeness (QED) is 0.681. The van der Waals surface area contributed by atoms with Crippen molar-refractivity contribution < 1.29 is 14.6 Å². The third-order valence-corrected chi connectivity index (χ3v) is 2.49. The number of rotatable bonds is 6. The number of aliphatic carboxylic acids is 1. The van der Waals surface area contributed by atoms with Crippen molar-refractivity contribution in [1.82, 2.24) is 0 Å². The fourth-order valence-electron chi connectivity index (χ4n) is 1.38. The molecule has 0 heterocycles. The van der Waals surface area contributed by atoms with Gasteiger partial charge in [0.05, 0.1) is 5.60 Å². The zero-order valence-electron chi connectivity index (χ0n) is 9.41. The SMILES string of the molecule is COC(C)(C)CC(CC(=O)O)C(C)N. The Bertz CT molecular complexity index is 190. The van der Waals surface area contributed by atoms with Gasteiger partial charge in [-0.05, 0) is 33.1 Å². The first kappa shape index (κ1) is 13.4. The summed E-state index contributed by atoms with van der Waals surface area (Å²) in [6.45, 7) is 5.70. The van der Waals surface area contributed by atoms with Gasteiger partial charge in [0.15, 0.2) is 0 Å². The average molecular weight is 203 g/mol. The van der Waals surface area contributed by atoms with Crippen LogP contribution < -0.4 is 5.73 Å². The molecular formula is C10H21NO3. The molecule has 2 unspecified atom stereocenters. The summed E-state index contributed by atoms with van der Waals surface area (Å²) in [6.07, 6.45) is 0.762. The third kappa shape index (κ3) is 5.19. The lowest BCUT2D eigenvalue weighted by Crippen LogP contribution is -2.36. The van der Waals surface area contributed by atoms with Crippen LogP contribution in [-0.4, -0.2) is 29.8 Å². The Morgan fingerprint density at radius 1 is 1.57 bits per heavy atom. The molecule has 3 N–H and O–H groups in total. The van der Waals surface area contributed by atoms with Crippen LogP contribution in [0.15, 0.2) is 0 Å². The molecule has 0 aliphatic carbocycles. The zero-order chi connectivity index (χ0) is 11.4. The monoisotopic (exact) mass is 203 g/mol. The molecule has 4 nitrogen and oxygen atoms in total. The molecule has 0 aliphatic rings. The van der Waals surface area contributed by atoms with E-state index in [-0.39, 0.29) is 24.0 Å². The average Bonchev–Trinajstić information content (AvgIpc) is 2.02. The highest BCUT2D eigenvalue weighted by molar-refractivity contribution is 5.67. The van der Waals surface area contributed by atoms with Gasteiger partial charge in [0.25, 0.3) is 0 Å². The van der Waals surface area contributed by atoms with Crippen molar-refractivity contribution in [1.29, 1.82) is 0 Å². The van der Waals surface area contributed by atoms with Gasteiger partial charge in [-0.2, -0.15) is 0 Å².